The monoisotopic (exact) mass is 570 g/mol. The molecule has 1 aliphatic rings. The van der Waals surface area contributed by atoms with Crippen LogP contribution in [0.1, 0.15) is 0 Å². The van der Waals surface area contributed by atoms with E-state index in [1.54, 1.807) is 0 Å². The topological polar surface area (TPSA) is 9.23 Å². The maximum absolute atomic E-state index is 6.58. The number of hydrogen-bond acceptors (Lipinski definition) is 1. The molecule has 208 valence electrons. The predicted octanol–water partition coefficient (Wildman–Crippen LogP) is 12.6. The highest BCUT2D eigenvalue weighted by Crippen LogP contribution is 2.50. The predicted molar refractivity (Wildman–Crippen MR) is 190 cm³/mol. The van der Waals surface area contributed by atoms with Crippen LogP contribution >= 0.6 is 0 Å². The molecule has 0 atom stereocenters. The molecule has 0 aromatic heterocycles. The van der Waals surface area contributed by atoms with Crippen LogP contribution in [0.15, 0.2) is 158 Å². The van der Waals surface area contributed by atoms with Crippen molar-refractivity contribution in [2.75, 3.05) is 0 Å². The molecule has 0 N–H and O–H groups in total. The first-order valence-electron chi connectivity index (χ1n) is 15.5. The third-order valence-electron chi connectivity index (χ3n) is 9.58. The third kappa shape index (κ3) is 3.62. The number of rotatable bonds is 2. The molecular formula is C44H26O. The first kappa shape index (κ1) is 24.5. The summed E-state index contributed by atoms with van der Waals surface area (Å²) in [7, 11) is 0. The minimum absolute atomic E-state index is 0.901. The van der Waals surface area contributed by atoms with Gasteiger partial charge in [0.1, 0.15) is 11.5 Å². The Labute approximate surface area is 260 Å². The number of hydrogen-bond donors (Lipinski definition) is 0. The molecule has 1 heteroatoms. The second-order valence-corrected chi connectivity index (χ2v) is 12.1. The van der Waals surface area contributed by atoms with E-state index < -0.39 is 0 Å². The average molecular weight is 571 g/mol. The van der Waals surface area contributed by atoms with Crippen molar-refractivity contribution in [3.05, 3.63) is 158 Å². The van der Waals surface area contributed by atoms with Crippen LogP contribution in [0, 0.1) is 0 Å². The lowest BCUT2D eigenvalue weighted by Gasteiger charge is -2.23. The van der Waals surface area contributed by atoms with Gasteiger partial charge in [-0.3, -0.25) is 0 Å². The summed E-state index contributed by atoms with van der Waals surface area (Å²) in [5.41, 5.74) is 7.26. The lowest BCUT2D eigenvalue weighted by atomic mass is 9.87. The average Bonchev–Trinajstić information content (AvgIpc) is 3.10. The zero-order valence-electron chi connectivity index (χ0n) is 24.4. The van der Waals surface area contributed by atoms with Gasteiger partial charge in [0.2, 0.25) is 0 Å². The normalized spacial score (nSPS) is 12.2. The molecule has 0 unspecified atom stereocenters. The first-order valence-corrected chi connectivity index (χ1v) is 15.5. The Morgan fingerprint density at radius 2 is 1.00 bits per heavy atom. The van der Waals surface area contributed by atoms with Gasteiger partial charge in [-0.2, -0.15) is 0 Å². The number of fused-ring (bicyclic) bond motifs is 8. The molecule has 9 aromatic rings. The number of benzene rings is 9. The van der Waals surface area contributed by atoms with E-state index >= 15 is 0 Å². The van der Waals surface area contributed by atoms with Crippen LogP contribution in [0.5, 0.6) is 11.5 Å². The third-order valence-corrected chi connectivity index (χ3v) is 9.58. The quantitative estimate of drug-likeness (QED) is 0.148. The van der Waals surface area contributed by atoms with Gasteiger partial charge in [-0.1, -0.05) is 127 Å². The fourth-order valence-electron chi connectivity index (χ4n) is 7.53. The molecule has 0 amide bonds. The molecule has 0 aliphatic carbocycles. The van der Waals surface area contributed by atoms with Gasteiger partial charge >= 0.3 is 0 Å². The van der Waals surface area contributed by atoms with Crippen LogP contribution in [0.2, 0.25) is 0 Å². The van der Waals surface area contributed by atoms with Crippen LogP contribution in [0.3, 0.4) is 0 Å². The van der Waals surface area contributed by atoms with Crippen molar-refractivity contribution in [1.82, 2.24) is 0 Å². The van der Waals surface area contributed by atoms with Gasteiger partial charge < -0.3 is 4.74 Å². The Bertz CT molecular complexity index is 2670. The summed E-state index contributed by atoms with van der Waals surface area (Å²) in [6.07, 6.45) is 0. The molecule has 0 saturated carbocycles. The molecule has 9 aromatic carbocycles. The van der Waals surface area contributed by atoms with Crippen LogP contribution in [-0.2, 0) is 0 Å². The summed E-state index contributed by atoms with van der Waals surface area (Å²) >= 11 is 0. The van der Waals surface area contributed by atoms with E-state index in [0.29, 0.717) is 0 Å². The maximum atomic E-state index is 6.58. The molecule has 45 heavy (non-hydrogen) atoms. The lowest BCUT2D eigenvalue weighted by molar-refractivity contribution is 0.488. The highest BCUT2D eigenvalue weighted by atomic mass is 16.5. The van der Waals surface area contributed by atoms with E-state index in [0.717, 1.165) is 17.1 Å². The van der Waals surface area contributed by atoms with Gasteiger partial charge in [-0.25, -0.2) is 0 Å². The van der Waals surface area contributed by atoms with Gasteiger partial charge in [0.05, 0.1) is 0 Å². The summed E-state index contributed by atoms with van der Waals surface area (Å²) in [5.74, 6) is 1.83. The summed E-state index contributed by atoms with van der Waals surface area (Å²) in [6.45, 7) is 0. The van der Waals surface area contributed by atoms with Crippen LogP contribution in [0.4, 0.5) is 0 Å². The Morgan fingerprint density at radius 3 is 1.89 bits per heavy atom. The van der Waals surface area contributed by atoms with Crippen molar-refractivity contribution in [3.8, 4) is 44.9 Å². The molecule has 0 bridgehead atoms. The molecule has 1 nitrogen and oxygen atoms in total. The molecule has 10 rings (SSSR count). The SMILES string of the molecule is c1ccc(-c2c3ccccc3cc3ccc4ccc(-c5ccc6c(c5)-c5cccc7c5c(cc5ccccc57)O6)cc4c23)cc1. The fourth-order valence-corrected chi connectivity index (χ4v) is 7.53. The largest absolute Gasteiger partial charge is 0.456 e. The van der Waals surface area contributed by atoms with Crippen molar-refractivity contribution in [1.29, 1.82) is 0 Å². The van der Waals surface area contributed by atoms with E-state index in [9.17, 15) is 0 Å². The fraction of sp³-hybridized carbons (Fsp3) is 0. The number of ether oxygens (including phenoxy) is 1. The zero-order chi connectivity index (χ0) is 29.5. The summed E-state index contributed by atoms with van der Waals surface area (Å²) in [6, 6.07) is 57.4. The van der Waals surface area contributed by atoms with Crippen molar-refractivity contribution in [2.45, 2.75) is 0 Å². The van der Waals surface area contributed by atoms with Crippen molar-refractivity contribution < 1.29 is 4.74 Å². The summed E-state index contributed by atoms with van der Waals surface area (Å²) < 4.78 is 6.58. The molecular weight excluding hydrogens is 544 g/mol. The first-order chi connectivity index (χ1) is 22.3. The van der Waals surface area contributed by atoms with E-state index in [-0.39, 0.29) is 0 Å². The van der Waals surface area contributed by atoms with Crippen molar-refractivity contribution >= 4 is 53.9 Å². The lowest BCUT2D eigenvalue weighted by Crippen LogP contribution is -1.98. The Morgan fingerprint density at radius 1 is 0.311 bits per heavy atom. The van der Waals surface area contributed by atoms with Gasteiger partial charge in [0, 0.05) is 10.9 Å². The minimum Gasteiger partial charge on any atom is -0.456 e. The molecule has 0 radical (unpaired) electrons. The van der Waals surface area contributed by atoms with Gasteiger partial charge in [-0.15, -0.1) is 0 Å². The Balaban J connectivity index is 1.22. The smallest absolute Gasteiger partial charge is 0.136 e. The van der Waals surface area contributed by atoms with Gasteiger partial charge in [-0.05, 0) is 107 Å². The van der Waals surface area contributed by atoms with E-state index in [2.05, 4.69) is 158 Å². The molecule has 0 fully saturated rings. The minimum atomic E-state index is 0.901. The molecule has 0 spiro atoms. The second kappa shape index (κ2) is 9.29. The van der Waals surface area contributed by atoms with Crippen LogP contribution in [-0.4, -0.2) is 0 Å². The zero-order valence-corrected chi connectivity index (χ0v) is 24.4. The Kier molecular flexibility index (Phi) is 5.06. The summed E-state index contributed by atoms with van der Waals surface area (Å²) in [5, 5.41) is 12.5. The molecule has 0 saturated heterocycles. The van der Waals surface area contributed by atoms with Crippen molar-refractivity contribution in [3.63, 3.8) is 0 Å². The van der Waals surface area contributed by atoms with E-state index in [1.165, 1.54) is 81.7 Å². The highest BCUT2D eigenvalue weighted by Gasteiger charge is 2.22. The van der Waals surface area contributed by atoms with Crippen LogP contribution < -0.4 is 4.74 Å². The maximum Gasteiger partial charge on any atom is 0.136 e. The van der Waals surface area contributed by atoms with E-state index in [1.807, 2.05) is 0 Å². The Hall–Kier alpha value is -5.92. The van der Waals surface area contributed by atoms with Gasteiger partial charge in [0.15, 0.2) is 0 Å². The van der Waals surface area contributed by atoms with E-state index in [4.69, 9.17) is 4.74 Å². The standard InChI is InChI=1S/C44H26O/c1-2-9-28(10-3-1)42-35-14-7-5-11-31(35)23-33-20-18-27-17-19-29(24-38(27)43(33)42)30-21-22-40-39(25-30)37-16-8-15-36-34-13-6-4-12-32(34)26-41(45-40)44(36)37/h1-26H. The highest BCUT2D eigenvalue weighted by molar-refractivity contribution is 6.22. The van der Waals surface area contributed by atoms with Crippen molar-refractivity contribution in [2.24, 2.45) is 0 Å². The van der Waals surface area contributed by atoms with Gasteiger partial charge in [0.25, 0.3) is 0 Å². The molecule has 1 aliphatic heterocycles. The van der Waals surface area contributed by atoms with Crippen LogP contribution in [0.25, 0.3) is 87.2 Å². The molecule has 1 heterocycles. The summed E-state index contributed by atoms with van der Waals surface area (Å²) in [4.78, 5) is 0. The second-order valence-electron chi connectivity index (χ2n) is 12.1.